The SMILES string of the molecule is CC(C)(C)OC(=O)N1CCC2NNC(c3ccc(F)cc3)C2C1. The summed E-state index contributed by atoms with van der Waals surface area (Å²) in [5, 5.41) is 0. The van der Waals surface area contributed by atoms with E-state index in [1.807, 2.05) is 20.8 Å². The summed E-state index contributed by atoms with van der Waals surface area (Å²) in [5.74, 6) is -0.00277. The molecule has 3 atom stereocenters. The third kappa shape index (κ3) is 3.64. The third-order valence-electron chi connectivity index (χ3n) is 4.39. The first-order valence-corrected chi connectivity index (χ1v) is 8.08. The molecule has 0 saturated carbocycles. The Labute approximate surface area is 136 Å². The van der Waals surface area contributed by atoms with Gasteiger partial charge in [0.05, 0.1) is 6.04 Å². The molecule has 0 aliphatic carbocycles. The van der Waals surface area contributed by atoms with E-state index in [1.165, 1.54) is 12.1 Å². The molecule has 1 amide bonds. The van der Waals surface area contributed by atoms with Gasteiger partial charge in [0.15, 0.2) is 0 Å². The normalized spacial score (nSPS) is 27.7. The monoisotopic (exact) mass is 321 g/mol. The Morgan fingerprint density at radius 1 is 1.26 bits per heavy atom. The van der Waals surface area contributed by atoms with Crippen LogP contribution in [0.3, 0.4) is 0 Å². The van der Waals surface area contributed by atoms with Crippen molar-refractivity contribution in [3.8, 4) is 0 Å². The van der Waals surface area contributed by atoms with Gasteiger partial charge in [-0.15, -0.1) is 0 Å². The van der Waals surface area contributed by atoms with Crippen LogP contribution < -0.4 is 10.9 Å². The molecular formula is C17H24FN3O2. The van der Waals surface area contributed by atoms with Gasteiger partial charge in [0.1, 0.15) is 11.4 Å². The van der Waals surface area contributed by atoms with Crippen molar-refractivity contribution in [3.63, 3.8) is 0 Å². The van der Waals surface area contributed by atoms with Crippen molar-refractivity contribution in [2.75, 3.05) is 13.1 Å². The number of hydrogen-bond donors (Lipinski definition) is 2. The molecule has 1 aromatic rings. The third-order valence-corrected chi connectivity index (χ3v) is 4.39. The second-order valence-electron chi connectivity index (χ2n) is 7.30. The number of hydrazine groups is 1. The molecule has 2 aliphatic heterocycles. The molecule has 0 bridgehead atoms. The van der Waals surface area contributed by atoms with E-state index in [2.05, 4.69) is 10.9 Å². The van der Waals surface area contributed by atoms with Gasteiger partial charge >= 0.3 is 6.09 Å². The number of nitrogens with one attached hydrogen (secondary N) is 2. The number of amides is 1. The Balaban J connectivity index is 1.71. The highest BCUT2D eigenvalue weighted by Gasteiger charge is 2.42. The smallest absolute Gasteiger partial charge is 0.410 e. The first-order valence-electron chi connectivity index (χ1n) is 8.08. The quantitative estimate of drug-likeness (QED) is 0.835. The highest BCUT2D eigenvalue weighted by Crippen LogP contribution is 2.34. The summed E-state index contributed by atoms with van der Waals surface area (Å²) in [5.41, 5.74) is 7.13. The zero-order chi connectivity index (χ0) is 16.6. The fraction of sp³-hybridized carbons (Fsp3) is 0.588. The molecule has 0 aromatic heterocycles. The number of carbonyl (C=O) groups excluding carboxylic acids is 1. The predicted octanol–water partition coefficient (Wildman–Crippen LogP) is 2.60. The van der Waals surface area contributed by atoms with Crippen LogP contribution in [0.1, 0.15) is 38.8 Å². The van der Waals surface area contributed by atoms with Crippen LogP contribution in [0.5, 0.6) is 0 Å². The summed E-state index contributed by atoms with van der Waals surface area (Å²) in [4.78, 5) is 14.1. The van der Waals surface area contributed by atoms with Gasteiger partial charge in [0, 0.05) is 25.0 Å². The molecule has 0 radical (unpaired) electrons. The van der Waals surface area contributed by atoms with Crippen LogP contribution in [-0.4, -0.2) is 35.7 Å². The Hall–Kier alpha value is -1.66. The first kappa shape index (κ1) is 16.2. The lowest BCUT2D eigenvalue weighted by Crippen LogP contribution is -2.49. The van der Waals surface area contributed by atoms with Crippen molar-refractivity contribution in [2.24, 2.45) is 5.92 Å². The number of benzene rings is 1. The summed E-state index contributed by atoms with van der Waals surface area (Å²) >= 11 is 0. The number of nitrogens with zero attached hydrogens (tertiary/aromatic N) is 1. The zero-order valence-corrected chi connectivity index (χ0v) is 13.8. The molecule has 2 fully saturated rings. The van der Waals surface area contributed by atoms with Crippen molar-refractivity contribution in [1.82, 2.24) is 15.8 Å². The molecule has 5 nitrogen and oxygen atoms in total. The molecule has 1 aromatic carbocycles. The number of likely N-dealkylation sites (tertiary alicyclic amines) is 1. The molecule has 0 spiro atoms. The maximum Gasteiger partial charge on any atom is 0.410 e. The van der Waals surface area contributed by atoms with E-state index in [-0.39, 0.29) is 23.9 Å². The van der Waals surface area contributed by atoms with E-state index < -0.39 is 5.60 Å². The zero-order valence-electron chi connectivity index (χ0n) is 13.8. The van der Waals surface area contributed by atoms with Gasteiger partial charge in [-0.1, -0.05) is 12.1 Å². The van der Waals surface area contributed by atoms with E-state index in [9.17, 15) is 9.18 Å². The number of rotatable bonds is 1. The Kier molecular flexibility index (Phi) is 4.29. The van der Waals surface area contributed by atoms with Crippen molar-refractivity contribution in [2.45, 2.75) is 44.9 Å². The van der Waals surface area contributed by atoms with Gasteiger partial charge < -0.3 is 9.64 Å². The van der Waals surface area contributed by atoms with Gasteiger partial charge in [-0.05, 0) is 44.9 Å². The van der Waals surface area contributed by atoms with Crippen molar-refractivity contribution < 1.29 is 13.9 Å². The predicted molar refractivity (Wildman–Crippen MR) is 85.1 cm³/mol. The van der Waals surface area contributed by atoms with Gasteiger partial charge in [0.25, 0.3) is 0 Å². The van der Waals surface area contributed by atoms with Gasteiger partial charge in [-0.3, -0.25) is 5.43 Å². The second-order valence-corrected chi connectivity index (χ2v) is 7.30. The van der Waals surface area contributed by atoms with Crippen molar-refractivity contribution in [1.29, 1.82) is 0 Å². The summed E-state index contributed by atoms with van der Waals surface area (Å²) in [6.07, 6.45) is 0.606. The van der Waals surface area contributed by atoms with E-state index in [1.54, 1.807) is 17.0 Å². The van der Waals surface area contributed by atoms with Gasteiger partial charge in [0.2, 0.25) is 0 Å². The van der Waals surface area contributed by atoms with Gasteiger partial charge in [-0.25, -0.2) is 14.6 Å². The minimum atomic E-state index is -0.490. The highest BCUT2D eigenvalue weighted by molar-refractivity contribution is 5.68. The number of piperidine rings is 1. The molecule has 3 rings (SSSR count). The van der Waals surface area contributed by atoms with Crippen molar-refractivity contribution in [3.05, 3.63) is 35.6 Å². The lowest BCUT2D eigenvalue weighted by molar-refractivity contribution is 0.0149. The largest absolute Gasteiger partial charge is 0.444 e. The van der Waals surface area contributed by atoms with Crippen molar-refractivity contribution >= 4 is 6.09 Å². The topological polar surface area (TPSA) is 53.6 Å². The van der Waals surface area contributed by atoms with Crippen LogP contribution in [0.2, 0.25) is 0 Å². The minimum Gasteiger partial charge on any atom is -0.444 e. The summed E-state index contributed by atoms with van der Waals surface area (Å²) in [6, 6.07) is 6.90. The number of hydrogen-bond acceptors (Lipinski definition) is 4. The lowest BCUT2D eigenvalue weighted by Gasteiger charge is -2.36. The van der Waals surface area contributed by atoms with E-state index in [0.29, 0.717) is 19.1 Å². The molecule has 126 valence electrons. The van der Waals surface area contributed by atoms with Crippen LogP contribution in [0.25, 0.3) is 0 Å². The van der Waals surface area contributed by atoms with Crippen LogP contribution in [-0.2, 0) is 4.74 Å². The molecule has 2 aliphatic rings. The van der Waals surface area contributed by atoms with Gasteiger partial charge in [-0.2, -0.15) is 0 Å². The molecule has 23 heavy (non-hydrogen) atoms. The standard InChI is InChI=1S/C17H24FN3O2/c1-17(2,3)23-16(22)21-9-8-14-13(10-21)15(20-19-14)11-4-6-12(18)7-5-11/h4-7,13-15,19-20H,8-10H2,1-3H3. The molecule has 6 heteroatoms. The van der Waals surface area contributed by atoms with E-state index >= 15 is 0 Å². The fourth-order valence-corrected chi connectivity index (χ4v) is 3.30. The van der Waals surface area contributed by atoms with Crippen LogP contribution in [0.15, 0.2) is 24.3 Å². The Bertz CT molecular complexity index is 570. The number of fused-ring (bicyclic) bond motifs is 1. The number of ether oxygens (including phenoxy) is 1. The molecular weight excluding hydrogens is 297 g/mol. The summed E-state index contributed by atoms with van der Waals surface area (Å²) in [6.45, 7) is 6.93. The average molecular weight is 321 g/mol. The maximum atomic E-state index is 13.1. The Morgan fingerprint density at radius 3 is 2.61 bits per heavy atom. The summed E-state index contributed by atoms with van der Waals surface area (Å²) < 4.78 is 18.6. The summed E-state index contributed by atoms with van der Waals surface area (Å²) in [7, 11) is 0. The number of halogens is 1. The Morgan fingerprint density at radius 2 is 1.96 bits per heavy atom. The average Bonchev–Trinajstić information content (AvgIpc) is 2.89. The van der Waals surface area contributed by atoms with Crippen LogP contribution >= 0.6 is 0 Å². The highest BCUT2D eigenvalue weighted by atomic mass is 19.1. The van der Waals surface area contributed by atoms with E-state index in [0.717, 1.165) is 12.0 Å². The van der Waals surface area contributed by atoms with Crippen LogP contribution in [0, 0.1) is 11.7 Å². The molecule has 3 unspecified atom stereocenters. The number of carbonyl (C=O) groups is 1. The maximum absolute atomic E-state index is 13.1. The fourth-order valence-electron chi connectivity index (χ4n) is 3.30. The molecule has 2 N–H and O–H groups in total. The lowest BCUT2D eigenvalue weighted by atomic mass is 9.85. The molecule has 2 saturated heterocycles. The second kappa shape index (κ2) is 6.09. The minimum absolute atomic E-state index is 0.0610. The van der Waals surface area contributed by atoms with Crippen LogP contribution in [0.4, 0.5) is 9.18 Å². The van der Waals surface area contributed by atoms with E-state index in [4.69, 9.17) is 4.74 Å². The first-order chi connectivity index (χ1) is 10.8. The molecule has 2 heterocycles.